The van der Waals surface area contributed by atoms with Gasteiger partial charge in [0.25, 0.3) is 0 Å². The number of carboxylic acids is 1. The molecule has 1 amide bonds. The van der Waals surface area contributed by atoms with Crippen LogP contribution in [0.15, 0.2) is 6.33 Å². The summed E-state index contributed by atoms with van der Waals surface area (Å²) in [4.78, 5) is 27.6. The average Bonchev–Trinajstić information content (AvgIpc) is 2.68. The molecule has 7 nitrogen and oxygen atoms in total. The molecule has 1 unspecified atom stereocenters. The Balaban J connectivity index is 2.39. The lowest BCUT2D eigenvalue weighted by Gasteiger charge is -2.17. The van der Waals surface area contributed by atoms with Crippen molar-refractivity contribution in [3.8, 4) is 0 Å². The Kier molecular flexibility index (Phi) is 4.62. The first kappa shape index (κ1) is 13.1. The maximum atomic E-state index is 11.7. The zero-order chi connectivity index (χ0) is 12.8. The van der Waals surface area contributed by atoms with Crippen LogP contribution >= 0.6 is 0 Å². The second kappa shape index (κ2) is 5.97. The Hall–Kier alpha value is -1.92. The summed E-state index contributed by atoms with van der Waals surface area (Å²) in [5.74, 6) is -0.553. The van der Waals surface area contributed by atoms with Crippen LogP contribution < -0.4 is 0 Å². The van der Waals surface area contributed by atoms with Crippen molar-refractivity contribution < 1.29 is 14.7 Å². The number of H-pyrrole nitrogens is 1. The Morgan fingerprint density at radius 3 is 2.76 bits per heavy atom. The van der Waals surface area contributed by atoms with Gasteiger partial charge in [-0.25, -0.2) is 4.98 Å². The SMILES string of the molecule is CC(CC(=O)O)CC(=O)N(C)Cc1ncn[nH]1. The number of nitrogens with zero attached hydrogens (tertiary/aromatic N) is 3. The van der Waals surface area contributed by atoms with Crippen LogP contribution in [0, 0.1) is 5.92 Å². The molecule has 1 heterocycles. The maximum Gasteiger partial charge on any atom is 0.303 e. The number of aliphatic carboxylic acids is 1. The molecule has 0 aliphatic carbocycles. The fourth-order valence-corrected chi connectivity index (χ4v) is 1.44. The van der Waals surface area contributed by atoms with Crippen molar-refractivity contribution in [1.29, 1.82) is 0 Å². The summed E-state index contributed by atoms with van der Waals surface area (Å²) < 4.78 is 0. The van der Waals surface area contributed by atoms with Crippen LogP contribution in [0.2, 0.25) is 0 Å². The van der Waals surface area contributed by atoms with Gasteiger partial charge in [0.1, 0.15) is 12.2 Å². The summed E-state index contributed by atoms with van der Waals surface area (Å²) in [6.07, 6.45) is 1.60. The first-order valence-corrected chi connectivity index (χ1v) is 5.29. The molecule has 0 fully saturated rings. The third kappa shape index (κ3) is 4.62. The normalized spacial score (nSPS) is 12.1. The predicted molar refractivity (Wildman–Crippen MR) is 58.9 cm³/mol. The van der Waals surface area contributed by atoms with E-state index in [2.05, 4.69) is 15.2 Å². The van der Waals surface area contributed by atoms with Crippen LogP contribution in [0.25, 0.3) is 0 Å². The van der Waals surface area contributed by atoms with Crippen LogP contribution in [0.1, 0.15) is 25.6 Å². The predicted octanol–water partition coefficient (Wildman–Crippen LogP) is 0.264. The molecule has 1 rings (SSSR count). The van der Waals surface area contributed by atoms with Crippen LogP contribution in [-0.4, -0.2) is 44.1 Å². The van der Waals surface area contributed by atoms with E-state index in [0.717, 1.165) is 0 Å². The molecular weight excluding hydrogens is 224 g/mol. The maximum absolute atomic E-state index is 11.7. The van der Waals surface area contributed by atoms with Gasteiger partial charge in [-0.1, -0.05) is 6.92 Å². The van der Waals surface area contributed by atoms with Gasteiger partial charge in [-0.2, -0.15) is 5.10 Å². The highest BCUT2D eigenvalue weighted by atomic mass is 16.4. The van der Waals surface area contributed by atoms with E-state index in [0.29, 0.717) is 12.4 Å². The number of nitrogens with one attached hydrogen (secondary N) is 1. The number of hydrogen-bond donors (Lipinski definition) is 2. The van der Waals surface area contributed by atoms with E-state index in [4.69, 9.17) is 5.11 Å². The Morgan fingerprint density at radius 2 is 2.24 bits per heavy atom. The summed E-state index contributed by atoms with van der Waals surface area (Å²) in [6, 6.07) is 0. The van der Waals surface area contributed by atoms with Gasteiger partial charge in [0.05, 0.1) is 6.54 Å². The number of aromatic nitrogens is 3. The van der Waals surface area contributed by atoms with E-state index in [1.807, 2.05) is 0 Å². The molecular formula is C10H16N4O3. The number of hydrogen-bond acceptors (Lipinski definition) is 4. The van der Waals surface area contributed by atoms with Crippen molar-refractivity contribution in [2.75, 3.05) is 7.05 Å². The average molecular weight is 240 g/mol. The van der Waals surface area contributed by atoms with Gasteiger partial charge in [-0.3, -0.25) is 14.7 Å². The molecule has 94 valence electrons. The van der Waals surface area contributed by atoms with Crippen molar-refractivity contribution in [1.82, 2.24) is 20.1 Å². The third-order valence-corrected chi connectivity index (χ3v) is 2.32. The number of carboxylic acid groups (broad SMARTS) is 1. The molecule has 0 aromatic carbocycles. The lowest BCUT2D eigenvalue weighted by molar-refractivity contribution is -0.138. The standard InChI is InChI=1S/C10H16N4O3/c1-7(4-10(16)17)3-9(15)14(2)5-8-11-6-12-13-8/h6-7H,3-5H2,1-2H3,(H,16,17)(H,11,12,13). The summed E-state index contributed by atoms with van der Waals surface area (Å²) in [5.41, 5.74) is 0. The molecule has 0 saturated heterocycles. The highest BCUT2D eigenvalue weighted by Gasteiger charge is 2.16. The molecule has 0 bridgehead atoms. The molecule has 0 aliphatic heterocycles. The lowest BCUT2D eigenvalue weighted by atomic mass is 10.0. The second-order valence-corrected chi connectivity index (χ2v) is 4.09. The Morgan fingerprint density at radius 1 is 1.53 bits per heavy atom. The number of carbonyl (C=O) groups excluding carboxylic acids is 1. The van der Waals surface area contributed by atoms with Crippen molar-refractivity contribution >= 4 is 11.9 Å². The first-order chi connectivity index (χ1) is 7.99. The minimum atomic E-state index is -0.886. The summed E-state index contributed by atoms with van der Waals surface area (Å²) in [6.45, 7) is 2.09. The molecule has 0 aliphatic rings. The summed E-state index contributed by atoms with van der Waals surface area (Å²) in [7, 11) is 1.65. The summed E-state index contributed by atoms with van der Waals surface area (Å²) in [5, 5.41) is 14.9. The molecule has 17 heavy (non-hydrogen) atoms. The van der Waals surface area contributed by atoms with Gasteiger partial charge >= 0.3 is 5.97 Å². The monoisotopic (exact) mass is 240 g/mol. The lowest BCUT2D eigenvalue weighted by Crippen LogP contribution is -2.28. The molecule has 1 aromatic rings. The minimum absolute atomic E-state index is 0.00187. The zero-order valence-corrected chi connectivity index (χ0v) is 9.88. The van der Waals surface area contributed by atoms with Crippen molar-refractivity contribution in [3.05, 3.63) is 12.2 Å². The van der Waals surface area contributed by atoms with E-state index in [1.165, 1.54) is 11.2 Å². The fraction of sp³-hybridized carbons (Fsp3) is 0.600. The minimum Gasteiger partial charge on any atom is -0.481 e. The summed E-state index contributed by atoms with van der Waals surface area (Å²) >= 11 is 0. The van der Waals surface area contributed by atoms with Gasteiger partial charge in [0.2, 0.25) is 5.91 Å². The fourth-order valence-electron chi connectivity index (χ4n) is 1.44. The van der Waals surface area contributed by atoms with Crippen molar-refractivity contribution in [2.24, 2.45) is 5.92 Å². The van der Waals surface area contributed by atoms with Crippen molar-refractivity contribution in [2.45, 2.75) is 26.3 Å². The van der Waals surface area contributed by atoms with E-state index < -0.39 is 5.97 Å². The van der Waals surface area contributed by atoms with Gasteiger partial charge in [-0.05, 0) is 5.92 Å². The first-order valence-electron chi connectivity index (χ1n) is 5.29. The number of amides is 1. The Labute approximate surface area is 98.8 Å². The molecule has 0 spiro atoms. The molecule has 0 radical (unpaired) electrons. The van der Waals surface area contributed by atoms with Crippen molar-refractivity contribution in [3.63, 3.8) is 0 Å². The molecule has 2 N–H and O–H groups in total. The number of carbonyl (C=O) groups is 2. The van der Waals surface area contributed by atoms with E-state index in [1.54, 1.807) is 14.0 Å². The van der Waals surface area contributed by atoms with Gasteiger partial charge < -0.3 is 10.0 Å². The Bertz CT molecular complexity index is 377. The highest BCUT2D eigenvalue weighted by Crippen LogP contribution is 2.10. The van der Waals surface area contributed by atoms with Gasteiger partial charge in [0, 0.05) is 19.9 Å². The number of rotatable bonds is 6. The largest absolute Gasteiger partial charge is 0.481 e. The number of aromatic amines is 1. The van der Waals surface area contributed by atoms with Crippen LogP contribution in [-0.2, 0) is 16.1 Å². The van der Waals surface area contributed by atoms with E-state index >= 15 is 0 Å². The smallest absolute Gasteiger partial charge is 0.303 e. The van der Waals surface area contributed by atoms with Gasteiger partial charge in [0.15, 0.2) is 0 Å². The zero-order valence-electron chi connectivity index (χ0n) is 9.88. The second-order valence-electron chi connectivity index (χ2n) is 4.09. The van der Waals surface area contributed by atoms with E-state index in [-0.39, 0.29) is 24.7 Å². The van der Waals surface area contributed by atoms with Gasteiger partial charge in [-0.15, -0.1) is 0 Å². The van der Waals surface area contributed by atoms with Crippen LogP contribution in [0.4, 0.5) is 0 Å². The van der Waals surface area contributed by atoms with E-state index in [9.17, 15) is 9.59 Å². The topological polar surface area (TPSA) is 99.2 Å². The van der Waals surface area contributed by atoms with Crippen LogP contribution in [0.3, 0.4) is 0 Å². The molecule has 1 atom stereocenters. The molecule has 1 aromatic heterocycles. The quantitative estimate of drug-likeness (QED) is 0.743. The molecule has 7 heteroatoms. The molecule has 0 saturated carbocycles. The third-order valence-electron chi connectivity index (χ3n) is 2.32. The highest BCUT2D eigenvalue weighted by molar-refractivity contribution is 5.77. The van der Waals surface area contributed by atoms with Crippen LogP contribution in [0.5, 0.6) is 0 Å².